The van der Waals surface area contributed by atoms with Crippen molar-refractivity contribution in [3.8, 4) is 17.8 Å². The maximum atomic E-state index is 6.18. The van der Waals surface area contributed by atoms with Gasteiger partial charge >= 0.3 is 28.7 Å². The Labute approximate surface area is 199 Å². The molecule has 0 amide bonds. The van der Waals surface area contributed by atoms with Gasteiger partial charge in [-0.15, -0.1) is 10.7 Å². The van der Waals surface area contributed by atoms with Crippen LogP contribution in [0.2, 0.25) is 13.1 Å². The zero-order valence-electron chi connectivity index (χ0n) is 19.7. The molecule has 29 heavy (non-hydrogen) atoms. The Bertz CT molecular complexity index is 691. The number of hydrogen-bond acceptors (Lipinski definition) is 1. The van der Waals surface area contributed by atoms with Crippen molar-refractivity contribution < 1.29 is 20.8 Å². The summed E-state index contributed by atoms with van der Waals surface area (Å²) in [5, 5.41) is 1.62. The summed E-state index contributed by atoms with van der Waals surface area (Å²) in [4.78, 5) is 7.58. The quantitative estimate of drug-likeness (QED) is 0.258. The van der Waals surface area contributed by atoms with E-state index in [1.165, 1.54) is 25.8 Å². The second kappa shape index (κ2) is 13.7. The van der Waals surface area contributed by atoms with E-state index in [0.29, 0.717) is 6.04 Å². The summed E-state index contributed by atoms with van der Waals surface area (Å²) in [5.41, 5.74) is 0.313. The van der Waals surface area contributed by atoms with Crippen LogP contribution in [0, 0.1) is 37.0 Å². The van der Waals surface area contributed by atoms with Gasteiger partial charge in [-0.1, -0.05) is 64.2 Å². The van der Waals surface area contributed by atoms with E-state index >= 15 is 0 Å². The number of hydrogen-bond donors (Lipinski definition) is 0. The summed E-state index contributed by atoms with van der Waals surface area (Å²) < 4.78 is 0. The van der Waals surface area contributed by atoms with E-state index in [1.54, 1.807) is 12.1 Å². The molecule has 0 heterocycles. The fourth-order valence-electron chi connectivity index (χ4n) is 3.96. The summed E-state index contributed by atoms with van der Waals surface area (Å²) in [6, 6.07) is 0.496. The second-order valence-electron chi connectivity index (χ2n) is 8.84. The van der Waals surface area contributed by atoms with E-state index < -0.39 is 8.24 Å². The van der Waals surface area contributed by atoms with Crippen molar-refractivity contribution in [3.05, 3.63) is 54.4 Å². The van der Waals surface area contributed by atoms with Crippen LogP contribution in [0.3, 0.4) is 0 Å². The van der Waals surface area contributed by atoms with E-state index in [0.717, 1.165) is 6.42 Å². The summed E-state index contributed by atoms with van der Waals surface area (Å²) in [6.45, 7) is 13.1. The second-order valence-corrected chi connectivity index (χ2v) is 12.8. The minimum Gasteiger partial charge on any atom is 0 e. The molecule has 5 heteroatoms. The van der Waals surface area contributed by atoms with Gasteiger partial charge in [0, 0.05) is 12.9 Å². The van der Waals surface area contributed by atoms with Crippen LogP contribution in [0.15, 0.2) is 35.6 Å². The number of likely N-dealkylation sites (N-methyl/N-ethyl adjacent to an activating group) is 1. The molecule has 0 fully saturated rings. The fraction of sp³-hybridized carbons (Fsp3) is 0.542. The SMILES string of the molecule is CN(C)C1C=C([Si](C)(C)[N-]C(C)(C)C)CC12C=CC=CC2.[C-]#CC#CC.[CH3-].[Cl][Ti+3].[HH]. The molecule has 0 bridgehead atoms. The van der Waals surface area contributed by atoms with Crippen molar-refractivity contribution in [1.82, 2.24) is 4.90 Å². The average Bonchev–Trinajstić information content (AvgIpc) is 2.96. The molecule has 2 nitrogen and oxygen atoms in total. The molecule has 2 unspecified atom stereocenters. The first-order valence-corrected chi connectivity index (χ1v) is 14.6. The van der Waals surface area contributed by atoms with Crippen molar-refractivity contribution >= 4 is 17.5 Å². The van der Waals surface area contributed by atoms with Crippen LogP contribution in [0.4, 0.5) is 0 Å². The van der Waals surface area contributed by atoms with Crippen molar-refractivity contribution in [2.75, 3.05) is 14.1 Å². The Morgan fingerprint density at radius 3 is 2.24 bits per heavy atom. The Balaban J connectivity index is -0.000000713. The molecule has 0 aromatic carbocycles. The Kier molecular flexibility index (Phi) is 14.5. The smallest absolute Gasteiger partial charge is 0 e. The summed E-state index contributed by atoms with van der Waals surface area (Å²) in [5.74, 6) is 6.65. The zero-order chi connectivity index (χ0) is 22.0. The van der Waals surface area contributed by atoms with Crippen molar-refractivity contribution in [2.45, 2.75) is 65.2 Å². The Morgan fingerprint density at radius 2 is 1.90 bits per heavy atom. The van der Waals surface area contributed by atoms with Crippen LogP contribution in [-0.2, 0) is 19.4 Å². The predicted octanol–water partition coefficient (Wildman–Crippen LogP) is 6.65. The van der Waals surface area contributed by atoms with Crippen molar-refractivity contribution in [1.29, 1.82) is 0 Å². The predicted molar refractivity (Wildman–Crippen MR) is 131 cm³/mol. The number of allylic oxidation sites excluding steroid dienone is 4. The normalized spacial score (nSPS) is 22.2. The van der Waals surface area contributed by atoms with Gasteiger partial charge in [0.2, 0.25) is 0 Å². The van der Waals surface area contributed by atoms with Crippen LogP contribution in [0.25, 0.3) is 4.98 Å². The summed E-state index contributed by atoms with van der Waals surface area (Å²) in [7, 11) is 7.34. The van der Waals surface area contributed by atoms with Gasteiger partial charge in [0.05, 0.1) is 0 Å². The van der Waals surface area contributed by atoms with Gasteiger partial charge in [0.1, 0.15) is 0 Å². The summed E-state index contributed by atoms with van der Waals surface area (Å²) in [6.07, 6.45) is 20.2. The first-order valence-electron chi connectivity index (χ1n) is 9.46. The van der Waals surface area contributed by atoms with E-state index in [-0.39, 0.29) is 19.8 Å². The monoisotopic (exact) mass is 466 g/mol. The third-order valence-corrected chi connectivity index (χ3v) is 7.93. The molecule has 160 valence electrons. The Hall–Kier alpha value is -0.519. The largest absolute Gasteiger partial charge is 0 e. The van der Waals surface area contributed by atoms with Crippen molar-refractivity contribution in [2.24, 2.45) is 5.41 Å². The van der Waals surface area contributed by atoms with E-state index in [1.807, 2.05) is 5.92 Å². The molecule has 0 aromatic rings. The number of nitrogens with zero attached hydrogens (tertiary/aromatic N) is 2. The molecule has 0 saturated carbocycles. The molecule has 2 aliphatic rings. The molecule has 2 aliphatic carbocycles. The molecule has 1 spiro atoms. The Morgan fingerprint density at radius 1 is 1.31 bits per heavy atom. The third-order valence-electron chi connectivity index (χ3n) is 4.79. The minimum absolute atomic E-state index is 0. The first-order chi connectivity index (χ1) is 13.0. The molecule has 0 saturated heterocycles. The van der Waals surface area contributed by atoms with E-state index in [2.05, 4.69) is 104 Å². The van der Waals surface area contributed by atoms with Gasteiger partial charge in [-0.05, 0) is 42.1 Å². The fourth-order valence-corrected chi connectivity index (χ4v) is 7.11. The van der Waals surface area contributed by atoms with Gasteiger partial charge < -0.3 is 23.7 Å². The topological polar surface area (TPSA) is 17.3 Å². The molecule has 2 rings (SSSR count). The number of rotatable bonds is 3. The van der Waals surface area contributed by atoms with Gasteiger partial charge in [-0.2, -0.15) is 0 Å². The third kappa shape index (κ3) is 9.89. The summed E-state index contributed by atoms with van der Waals surface area (Å²) >= 11 is 1.47. The van der Waals surface area contributed by atoms with Crippen LogP contribution >= 0.6 is 9.30 Å². The molecule has 0 aliphatic heterocycles. The van der Waals surface area contributed by atoms with Crippen molar-refractivity contribution in [3.63, 3.8) is 0 Å². The van der Waals surface area contributed by atoms with Gasteiger partial charge in [0.15, 0.2) is 0 Å². The minimum atomic E-state index is -1.70. The van der Waals surface area contributed by atoms with Crippen LogP contribution < -0.4 is 0 Å². The average molecular weight is 467 g/mol. The molecule has 0 aromatic heterocycles. The molecular weight excluding hydrogens is 428 g/mol. The number of halogens is 1. The van der Waals surface area contributed by atoms with Gasteiger partial charge in [-0.3, -0.25) is 11.8 Å². The van der Waals surface area contributed by atoms with Crippen LogP contribution in [-0.4, -0.2) is 38.8 Å². The molecular formula is C24H39ClN2SiTi. The first kappa shape index (κ1) is 30.7. The zero-order valence-corrected chi connectivity index (χ0v) is 23.0. The van der Waals surface area contributed by atoms with Gasteiger partial charge in [0.25, 0.3) is 0 Å². The molecule has 2 atom stereocenters. The maximum Gasteiger partial charge on any atom is 0 e. The van der Waals surface area contributed by atoms with Crippen LogP contribution in [0.5, 0.6) is 0 Å². The van der Waals surface area contributed by atoms with Gasteiger partial charge in [-0.25, -0.2) is 5.92 Å². The molecule has 0 radical (unpaired) electrons. The maximum absolute atomic E-state index is 6.18. The van der Waals surface area contributed by atoms with E-state index in [4.69, 9.17) is 11.4 Å². The van der Waals surface area contributed by atoms with Crippen LogP contribution in [0.1, 0.15) is 42.0 Å². The standard InChI is InChI=1S/C18H31N2Si.C5H3.CH3.ClH.Ti.H2/c1-17(2,3)19-21(6,7)15-13-16(20(4)5)18(14-15)11-9-8-10-12-18;1-3-5-4-2;;;;/h8-11,13,16H,12,14H2,1-7H3;1H3;1H3;1H;;1H/q3*-1;;+4;/p-1. The molecule has 0 N–H and O–H groups in total. The van der Waals surface area contributed by atoms with E-state index in [9.17, 15) is 0 Å².